The highest BCUT2D eigenvalue weighted by atomic mass is 32.1. The van der Waals surface area contributed by atoms with Crippen LogP contribution >= 0.6 is 12.2 Å². The predicted octanol–water partition coefficient (Wildman–Crippen LogP) is 2.73. The van der Waals surface area contributed by atoms with E-state index in [-0.39, 0.29) is 0 Å². The summed E-state index contributed by atoms with van der Waals surface area (Å²) in [5.41, 5.74) is 8.06. The van der Waals surface area contributed by atoms with E-state index in [1.54, 1.807) is 6.20 Å². The molecule has 2 rings (SSSR count). The van der Waals surface area contributed by atoms with E-state index in [1.165, 1.54) is 19.3 Å². The van der Waals surface area contributed by atoms with Crippen LogP contribution in [0.25, 0.3) is 0 Å². The van der Waals surface area contributed by atoms with Gasteiger partial charge >= 0.3 is 0 Å². The molecular weight excluding hydrogens is 242 g/mol. The molecule has 0 atom stereocenters. The van der Waals surface area contributed by atoms with Crippen LogP contribution in [0.3, 0.4) is 0 Å². The van der Waals surface area contributed by atoms with Gasteiger partial charge in [-0.15, -0.1) is 0 Å². The Morgan fingerprint density at radius 2 is 2.22 bits per heavy atom. The Hall–Kier alpha value is -1.16. The van der Waals surface area contributed by atoms with Gasteiger partial charge in [0.2, 0.25) is 0 Å². The highest BCUT2D eigenvalue weighted by molar-refractivity contribution is 7.80. The Morgan fingerprint density at radius 1 is 1.50 bits per heavy atom. The standard InChI is InChI=1S/C14H21N3S/c1-3-14(4-2)7-9-17(10-14)11-6-5-8-16-12(11)13(15)18/h5-6,8H,3-4,7,9-10H2,1-2H3,(H2,15,18). The van der Waals surface area contributed by atoms with E-state index in [4.69, 9.17) is 18.0 Å². The molecule has 0 aromatic carbocycles. The van der Waals surface area contributed by atoms with Gasteiger partial charge < -0.3 is 10.6 Å². The first kappa shape index (κ1) is 13.3. The molecule has 1 aliphatic heterocycles. The fourth-order valence-corrected chi connectivity index (χ4v) is 2.97. The molecule has 1 aromatic rings. The molecule has 98 valence electrons. The van der Waals surface area contributed by atoms with Crippen molar-refractivity contribution in [1.29, 1.82) is 0 Å². The number of nitrogens with two attached hydrogens (primary N) is 1. The quantitative estimate of drug-likeness (QED) is 0.848. The van der Waals surface area contributed by atoms with E-state index in [0.29, 0.717) is 10.4 Å². The van der Waals surface area contributed by atoms with E-state index in [9.17, 15) is 0 Å². The lowest BCUT2D eigenvalue weighted by atomic mass is 9.82. The van der Waals surface area contributed by atoms with Crippen molar-refractivity contribution in [3.8, 4) is 0 Å². The van der Waals surface area contributed by atoms with E-state index in [0.717, 1.165) is 24.5 Å². The minimum atomic E-state index is 0.385. The summed E-state index contributed by atoms with van der Waals surface area (Å²) in [5.74, 6) is 0. The maximum absolute atomic E-state index is 5.76. The lowest BCUT2D eigenvalue weighted by Crippen LogP contribution is -2.28. The van der Waals surface area contributed by atoms with Crippen molar-refractivity contribution in [2.75, 3.05) is 18.0 Å². The summed E-state index contributed by atoms with van der Waals surface area (Å²) >= 11 is 5.09. The summed E-state index contributed by atoms with van der Waals surface area (Å²) in [5, 5.41) is 0. The Labute approximate surface area is 114 Å². The van der Waals surface area contributed by atoms with E-state index in [2.05, 4.69) is 29.8 Å². The first-order chi connectivity index (χ1) is 8.62. The molecule has 4 heteroatoms. The van der Waals surface area contributed by atoms with Crippen LogP contribution in [0.5, 0.6) is 0 Å². The van der Waals surface area contributed by atoms with Gasteiger partial charge in [-0.2, -0.15) is 0 Å². The van der Waals surface area contributed by atoms with E-state index < -0.39 is 0 Å². The molecule has 18 heavy (non-hydrogen) atoms. The third-order valence-electron chi connectivity index (χ3n) is 4.30. The van der Waals surface area contributed by atoms with Gasteiger partial charge in [-0.3, -0.25) is 4.98 Å². The van der Waals surface area contributed by atoms with E-state index in [1.807, 2.05) is 6.07 Å². The molecular formula is C14H21N3S. The van der Waals surface area contributed by atoms with Crippen LogP contribution < -0.4 is 10.6 Å². The van der Waals surface area contributed by atoms with Gasteiger partial charge in [-0.05, 0) is 36.8 Å². The van der Waals surface area contributed by atoms with Crippen molar-refractivity contribution >= 4 is 22.9 Å². The van der Waals surface area contributed by atoms with Crippen LogP contribution in [-0.4, -0.2) is 23.1 Å². The third-order valence-corrected chi connectivity index (χ3v) is 4.49. The van der Waals surface area contributed by atoms with Gasteiger partial charge in [0.15, 0.2) is 0 Å². The van der Waals surface area contributed by atoms with Crippen LogP contribution in [-0.2, 0) is 0 Å². The molecule has 1 aromatic heterocycles. The van der Waals surface area contributed by atoms with Crippen molar-refractivity contribution in [3.63, 3.8) is 0 Å². The predicted molar refractivity (Wildman–Crippen MR) is 80.0 cm³/mol. The number of thiocarbonyl (C=S) groups is 1. The Kier molecular flexibility index (Phi) is 3.85. The van der Waals surface area contributed by atoms with Gasteiger partial charge in [0.05, 0.1) is 5.69 Å². The summed E-state index contributed by atoms with van der Waals surface area (Å²) in [4.78, 5) is 7.08. The SMILES string of the molecule is CCC1(CC)CCN(c2cccnc2C(N)=S)C1. The molecule has 1 fully saturated rings. The van der Waals surface area contributed by atoms with Crippen LogP contribution in [0.4, 0.5) is 5.69 Å². The first-order valence-electron chi connectivity index (χ1n) is 6.61. The molecule has 0 spiro atoms. The minimum Gasteiger partial charge on any atom is -0.388 e. The molecule has 0 amide bonds. The highest BCUT2D eigenvalue weighted by Gasteiger charge is 2.35. The maximum Gasteiger partial charge on any atom is 0.124 e. The molecule has 2 heterocycles. The van der Waals surface area contributed by atoms with Crippen LogP contribution in [0.1, 0.15) is 38.8 Å². The monoisotopic (exact) mass is 263 g/mol. The average molecular weight is 263 g/mol. The fraction of sp³-hybridized carbons (Fsp3) is 0.571. The molecule has 2 N–H and O–H groups in total. The molecule has 0 aliphatic carbocycles. The smallest absolute Gasteiger partial charge is 0.124 e. The second-order valence-electron chi connectivity index (χ2n) is 5.11. The van der Waals surface area contributed by atoms with Crippen molar-refractivity contribution in [1.82, 2.24) is 4.98 Å². The van der Waals surface area contributed by atoms with Gasteiger partial charge in [0.25, 0.3) is 0 Å². The van der Waals surface area contributed by atoms with E-state index >= 15 is 0 Å². The van der Waals surface area contributed by atoms with Gasteiger partial charge in [-0.25, -0.2) is 0 Å². The van der Waals surface area contributed by atoms with Gasteiger partial charge in [0, 0.05) is 19.3 Å². The summed E-state index contributed by atoms with van der Waals surface area (Å²) in [6.45, 7) is 6.72. The summed E-state index contributed by atoms with van der Waals surface area (Å²) < 4.78 is 0. The number of nitrogens with zero attached hydrogens (tertiary/aromatic N) is 2. The zero-order chi connectivity index (χ0) is 13.2. The van der Waals surface area contributed by atoms with Crippen molar-refractivity contribution in [2.45, 2.75) is 33.1 Å². The molecule has 3 nitrogen and oxygen atoms in total. The van der Waals surface area contributed by atoms with Crippen molar-refractivity contribution < 1.29 is 0 Å². The maximum atomic E-state index is 5.76. The molecule has 1 aliphatic rings. The molecule has 0 saturated carbocycles. The lowest BCUT2D eigenvalue weighted by molar-refractivity contribution is 0.301. The molecule has 1 saturated heterocycles. The van der Waals surface area contributed by atoms with Crippen LogP contribution in [0.2, 0.25) is 0 Å². The summed E-state index contributed by atoms with van der Waals surface area (Å²) in [6, 6.07) is 4.03. The fourth-order valence-electron chi connectivity index (χ4n) is 2.81. The summed E-state index contributed by atoms with van der Waals surface area (Å²) in [6.07, 6.45) is 5.44. The Bertz CT molecular complexity index is 440. The van der Waals surface area contributed by atoms with Crippen molar-refractivity contribution in [3.05, 3.63) is 24.0 Å². The molecule has 0 radical (unpaired) electrons. The highest BCUT2D eigenvalue weighted by Crippen LogP contribution is 2.39. The molecule has 0 unspecified atom stereocenters. The zero-order valence-corrected chi connectivity index (χ0v) is 12.0. The Morgan fingerprint density at radius 3 is 2.78 bits per heavy atom. The number of anilines is 1. The largest absolute Gasteiger partial charge is 0.388 e. The molecule has 0 bridgehead atoms. The number of hydrogen-bond donors (Lipinski definition) is 1. The zero-order valence-electron chi connectivity index (χ0n) is 11.1. The first-order valence-corrected chi connectivity index (χ1v) is 7.02. The van der Waals surface area contributed by atoms with Crippen molar-refractivity contribution in [2.24, 2.45) is 11.1 Å². The van der Waals surface area contributed by atoms with Crippen LogP contribution in [0, 0.1) is 5.41 Å². The number of aromatic nitrogens is 1. The summed E-state index contributed by atoms with van der Waals surface area (Å²) in [7, 11) is 0. The number of rotatable bonds is 4. The average Bonchev–Trinajstić information content (AvgIpc) is 2.83. The Balaban J connectivity index is 2.27. The topological polar surface area (TPSA) is 42.2 Å². The normalized spacial score (nSPS) is 18.0. The number of pyridine rings is 1. The lowest BCUT2D eigenvalue weighted by Gasteiger charge is -2.27. The van der Waals surface area contributed by atoms with Gasteiger partial charge in [0.1, 0.15) is 10.7 Å². The minimum absolute atomic E-state index is 0.385. The third kappa shape index (κ3) is 2.34. The second-order valence-corrected chi connectivity index (χ2v) is 5.55. The van der Waals surface area contributed by atoms with Gasteiger partial charge in [-0.1, -0.05) is 26.1 Å². The van der Waals surface area contributed by atoms with Crippen LogP contribution in [0.15, 0.2) is 18.3 Å². The second kappa shape index (κ2) is 5.22. The number of hydrogen-bond acceptors (Lipinski definition) is 3.